The number of rotatable bonds is 6. The number of hydrogen-bond acceptors (Lipinski definition) is 4. The van der Waals surface area contributed by atoms with Gasteiger partial charge < -0.3 is 14.6 Å². The predicted octanol–water partition coefficient (Wildman–Crippen LogP) is -0.0547. The van der Waals surface area contributed by atoms with Gasteiger partial charge >= 0.3 is 0 Å². The molecule has 1 N–H and O–H groups in total. The number of hydrogen-bond donors (Lipinski definition) is 1. The highest BCUT2D eigenvalue weighted by Gasteiger charge is 2.03. The first-order valence-electron chi connectivity index (χ1n) is 3.51. The molecule has 0 rings (SSSR count). The zero-order valence-corrected chi connectivity index (χ0v) is 6.82. The number of aliphatic hydroxyl groups excluding tert-OH is 1. The summed E-state index contributed by atoms with van der Waals surface area (Å²) in [5.41, 5.74) is 0. The minimum Gasteiger partial charge on any atom is -0.465 e. The lowest BCUT2D eigenvalue weighted by Gasteiger charge is -2.12. The third kappa shape index (κ3) is 7.29. The van der Waals surface area contributed by atoms with E-state index in [0.29, 0.717) is 6.47 Å². The minimum atomic E-state index is -0.478. The molecule has 0 amide bonds. The molecule has 0 saturated carbocycles. The molecule has 2 unspecified atom stereocenters. The van der Waals surface area contributed by atoms with Crippen LogP contribution in [0.1, 0.15) is 13.8 Å². The van der Waals surface area contributed by atoms with Gasteiger partial charge in [-0.1, -0.05) is 0 Å². The SMILES string of the molecule is CC(O)COC(C)COC=O. The molecule has 0 bridgehead atoms. The van der Waals surface area contributed by atoms with Crippen LogP contribution in [0.15, 0.2) is 0 Å². The Bertz CT molecular complexity index is 103. The first kappa shape index (κ1) is 10.4. The molecule has 0 aromatic carbocycles. The van der Waals surface area contributed by atoms with Crippen LogP contribution in [0.25, 0.3) is 0 Å². The summed E-state index contributed by atoms with van der Waals surface area (Å²) in [5, 5.41) is 8.79. The molecule has 0 aliphatic rings. The Kier molecular flexibility index (Phi) is 5.78. The van der Waals surface area contributed by atoms with Crippen molar-refractivity contribution in [1.29, 1.82) is 0 Å². The van der Waals surface area contributed by atoms with Crippen molar-refractivity contribution in [2.24, 2.45) is 0 Å². The van der Waals surface area contributed by atoms with Crippen molar-refractivity contribution in [1.82, 2.24) is 0 Å². The second-order valence-corrected chi connectivity index (χ2v) is 2.42. The minimum absolute atomic E-state index is 0.158. The van der Waals surface area contributed by atoms with Crippen LogP contribution in [0, 0.1) is 0 Å². The topological polar surface area (TPSA) is 55.8 Å². The number of aliphatic hydroxyl groups is 1. The fourth-order valence-corrected chi connectivity index (χ4v) is 0.526. The summed E-state index contributed by atoms with van der Waals surface area (Å²) in [5.74, 6) is 0. The first-order chi connectivity index (χ1) is 5.16. The average molecular weight is 162 g/mol. The number of carbonyl (C=O) groups is 1. The number of ether oxygens (including phenoxy) is 2. The third-order valence-electron chi connectivity index (χ3n) is 1.02. The van der Waals surface area contributed by atoms with Gasteiger partial charge in [0.25, 0.3) is 6.47 Å². The van der Waals surface area contributed by atoms with Crippen molar-refractivity contribution < 1.29 is 19.4 Å². The smallest absolute Gasteiger partial charge is 0.293 e. The summed E-state index contributed by atoms with van der Waals surface area (Å²) in [6.07, 6.45) is -0.636. The van der Waals surface area contributed by atoms with Gasteiger partial charge in [-0.2, -0.15) is 0 Å². The molecule has 0 spiro atoms. The molecule has 0 aromatic heterocycles. The summed E-state index contributed by atoms with van der Waals surface area (Å²) in [7, 11) is 0. The van der Waals surface area contributed by atoms with Gasteiger partial charge in [0.2, 0.25) is 0 Å². The van der Waals surface area contributed by atoms with E-state index < -0.39 is 6.10 Å². The van der Waals surface area contributed by atoms with Gasteiger partial charge in [-0.15, -0.1) is 0 Å². The van der Waals surface area contributed by atoms with E-state index in [1.165, 1.54) is 0 Å². The normalized spacial score (nSPS) is 15.5. The third-order valence-corrected chi connectivity index (χ3v) is 1.02. The Balaban J connectivity index is 3.21. The van der Waals surface area contributed by atoms with E-state index in [0.717, 1.165) is 0 Å². The van der Waals surface area contributed by atoms with Gasteiger partial charge in [0.15, 0.2) is 0 Å². The van der Waals surface area contributed by atoms with Gasteiger partial charge in [0.05, 0.1) is 18.8 Å². The molecular formula is C7H14O4. The Hall–Kier alpha value is -0.610. The lowest BCUT2D eigenvalue weighted by Crippen LogP contribution is -2.21. The zero-order chi connectivity index (χ0) is 8.69. The van der Waals surface area contributed by atoms with Crippen LogP contribution in [0.4, 0.5) is 0 Å². The van der Waals surface area contributed by atoms with E-state index in [9.17, 15) is 4.79 Å². The van der Waals surface area contributed by atoms with E-state index in [-0.39, 0.29) is 19.3 Å². The van der Waals surface area contributed by atoms with Crippen LogP contribution >= 0.6 is 0 Å². The highest BCUT2D eigenvalue weighted by atomic mass is 16.6. The van der Waals surface area contributed by atoms with Crippen molar-refractivity contribution in [2.45, 2.75) is 26.1 Å². The van der Waals surface area contributed by atoms with E-state index >= 15 is 0 Å². The lowest BCUT2D eigenvalue weighted by atomic mass is 10.4. The van der Waals surface area contributed by atoms with E-state index in [1.807, 2.05) is 0 Å². The van der Waals surface area contributed by atoms with Crippen LogP contribution in [0.3, 0.4) is 0 Å². The van der Waals surface area contributed by atoms with Crippen LogP contribution in [-0.4, -0.2) is 37.0 Å². The molecule has 2 atom stereocenters. The fraction of sp³-hybridized carbons (Fsp3) is 0.857. The number of carbonyl (C=O) groups excluding carboxylic acids is 1. The summed E-state index contributed by atoms with van der Waals surface area (Å²) < 4.78 is 9.51. The Morgan fingerprint density at radius 1 is 1.45 bits per heavy atom. The van der Waals surface area contributed by atoms with E-state index in [2.05, 4.69) is 4.74 Å². The largest absolute Gasteiger partial charge is 0.465 e. The predicted molar refractivity (Wildman–Crippen MR) is 39.1 cm³/mol. The van der Waals surface area contributed by atoms with Crippen molar-refractivity contribution in [3.05, 3.63) is 0 Å². The van der Waals surface area contributed by atoms with Crippen LogP contribution < -0.4 is 0 Å². The monoisotopic (exact) mass is 162 g/mol. The van der Waals surface area contributed by atoms with Crippen molar-refractivity contribution >= 4 is 6.47 Å². The molecule has 11 heavy (non-hydrogen) atoms. The van der Waals surface area contributed by atoms with Crippen molar-refractivity contribution in [3.63, 3.8) is 0 Å². The lowest BCUT2D eigenvalue weighted by molar-refractivity contribution is -0.133. The Morgan fingerprint density at radius 3 is 2.55 bits per heavy atom. The van der Waals surface area contributed by atoms with Gasteiger partial charge in [0.1, 0.15) is 6.61 Å². The van der Waals surface area contributed by atoms with Gasteiger partial charge in [-0.3, -0.25) is 4.79 Å². The molecule has 0 aliphatic heterocycles. The molecule has 4 heteroatoms. The van der Waals surface area contributed by atoms with Gasteiger partial charge in [0, 0.05) is 0 Å². The standard InChI is InChI=1S/C7H14O4/c1-6(9)3-11-7(2)4-10-5-8/h5-7,9H,3-4H2,1-2H3. The molecule has 0 heterocycles. The van der Waals surface area contributed by atoms with Gasteiger partial charge in [-0.05, 0) is 13.8 Å². The molecule has 4 nitrogen and oxygen atoms in total. The zero-order valence-electron chi connectivity index (χ0n) is 6.82. The second-order valence-electron chi connectivity index (χ2n) is 2.42. The van der Waals surface area contributed by atoms with Crippen molar-refractivity contribution in [3.8, 4) is 0 Å². The quantitative estimate of drug-likeness (QED) is 0.556. The van der Waals surface area contributed by atoms with Crippen molar-refractivity contribution in [2.75, 3.05) is 13.2 Å². The van der Waals surface area contributed by atoms with Gasteiger partial charge in [-0.25, -0.2) is 0 Å². The van der Waals surface area contributed by atoms with Crippen LogP contribution in [0.2, 0.25) is 0 Å². The second kappa shape index (κ2) is 6.12. The summed E-state index contributed by atoms with van der Waals surface area (Å²) >= 11 is 0. The van der Waals surface area contributed by atoms with Crippen LogP contribution in [0.5, 0.6) is 0 Å². The molecule has 0 aromatic rings. The fourth-order valence-electron chi connectivity index (χ4n) is 0.526. The molecule has 0 radical (unpaired) electrons. The molecule has 0 saturated heterocycles. The summed E-state index contributed by atoms with van der Waals surface area (Å²) in [4.78, 5) is 9.72. The highest BCUT2D eigenvalue weighted by Crippen LogP contribution is 1.92. The molecule has 0 fully saturated rings. The van der Waals surface area contributed by atoms with Crippen LogP contribution in [-0.2, 0) is 14.3 Å². The van der Waals surface area contributed by atoms with E-state index in [1.54, 1.807) is 13.8 Å². The maximum atomic E-state index is 9.72. The highest BCUT2D eigenvalue weighted by molar-refractivity contribution is 5.36. The first-order valence-corrected chi connectivity index (χ1v) is 3.51. The molecule has 0 aliphatic carbocycles. The maximum Gasteiger partial charge on any atom is 0.293 e. The molecule has 66 valence electrons. The Labute approximate surface area is 66.1 Å². The maximum absolute atomic E-state index is 9.72. The summed E-state index contributed by atoms with van der Waals surface area (Å²) in [6, 6.07) is 0. The summed E-state index contributed by atoms with van der Waals surface area (Å²) in [6.45, 7) is 4.28. The average Bonchev–Trinajstić information content (AvgIpc) is 1.97. The Morgan fingerprint density at radius 2 is 2.09 bits per heavy atom. The van der Waals surface area contributed by atoms with E-state index in [4.69, 9.17) is 9.84 Å². The molecular weight excluding hydrogens is 148 g/mol.